The summed E-state index contributed by atoms with van der Waals surface area (Å²) in [5.74, 6) is 0.914. The summed E-state index contributed by atoms with van der Waals surface area (Å²) in [5, 5.41) is 10.8. The van der Waals surface area contributed by atoms with Gasteiger partial charge in [0.2, 0.25) is 0 Å². The molecule has 0 amide bonds. The molecule has 0 aliphatic rings. The minimum atomic E-state index is -0.403. The molecule has 25 heavy (non-hydrogen) atoms. The zero-order valence-corrected chi connectivity index (χ0v) is 16.2. The second-order valence-corrected chi connectivity index (χ2v) is 8.56. The lowest BCUT2D eigenvalue weighted by atomic mass is 10.1. The van der Waals surface area contributed by atoms with Crippen LogP contribution in [0.2, 0.25) is 0 Å². The summed E-state index contributed by atoms with van der Waals surface area (Å²) in [4.78, 5) is 27.0. The van der Waals surface area contributed by atoms with Crippen molar-refractivity contribution < 1.29 is 9.72 Å². The predicted octanol–water partition coefficient (Wildman–Crippen LogP) is 5.72. The van der Waals surface area contributed by atoms with Crippen LogP contribution in [-0.4, -0.2) is 21.4 Å². The highest BCUT2D eigenvalue weighted by atomic mass is 79.9. The molecule has 3 aromatic rings. The molecule has 3 rings (SSSR count). The van der Waals surface area contributed by atoms with Gasteiger partial charge >= 0.3 is 0 Å². The molecule has 0 saturated carbocycles. The van der Waals surface area contributed by atoms with E-state index in [0.717, 1.165) is 36.8 Å². The Morgan fingerprint density at radius 2 is 2.00 bits per heavy atom. The number of Topliss-reactive ketones (excluding diaryl/α,β-unsaturated/α-hetero) is 1. The molecule has 0 N–H and O–H groups in total. The largest absolute Gasteiger partial charge is 0.294 e. The number of ketones is 1. The van der Waals surface area contributed by atoms with Gasteiger partial charge in [0, 0.05) is 34.3 Å². The van der Waals surface area contributed by atoms with Crippen LogP contribution in [0.5, 0.6) is 0 Å². The van der Waals surface area contributed by atoms with Crippen LogP contribution in [0.15, 0.2) is 51.3 Å². The van der Waals surface area contributed by atoms with Crippen LogP contribution in [0.25, 0.3) is 10.2 Å². The number of benzene rings is 2. The molecule has 0 bridgehead atoms. The van der Waals surface area contributed by atoms with Crippen molar-refractivity contribution >= 4 is 60.7 Å². The third-order valence-electron chi connectivity index (χ3n) is 3.50. The van der Waals surface area contributed by atoms with Crippen LogP contribution in [-0.2, 0) is 0 Å². The molecular weight excluding hydrogens is 424 g/mol. The van der Waals surface area contributed by atoms with Gasteiger partial charge in [-0.1, -0.05) is 39.8 Å². The van der Waals surface area contributed by atoms with E-state index >= 15 is 0 Å². The molecule has 128 valence electrons. The van der Waals surface area contributed by atoms with Crippen LogP contribution in [0.3, 0.4) is 0 Å². The van der Waals surface area contributed by atoms with E-state index < -0.39 is 4.92 Å². The van der Waals surface area contributed by atoms with Crippen molar-refractivity contribution in [1.29, 1.82) is 0 Å². The number of nitro benzene ring substituents is 1. The molecule has 0 aliphatic carbocycles. The van der Waals surface area contributed by atoms with Crippen molar-refractivity contribution in [2.45, 2.75) is 17.2 Å². The Balaban J connectivity index is 1.53. The molecule has 5 nitrogen and oxygen atoms in total. The number of hydrogen-bond donors (Lipinski definition) is 0. The Kier molecular flexibility index (Phi) is 5.82. The Hall–Kier alpha value is -1.77. The predicted molar refractivity (Wildman–Crippen MR) is 105 cm³/mol. The lowest BCUT2D eigenvalue weighted by molar-refractivity contribution is -0.384. The second kappa shape index (κ2) is 8.07. The zero-order chi connectivity index (χ0) is 17.8. The summed E-state index contributed by atoms with van der Waals surface area (Å²) in [6.07, 6.45) is 1.25. The van der Waals surface area contributed by atoms with Crippen molar-refractivity contribution in [2.24, 2.45) is 0 Å². The van der Waals surface area contributed by atoms with E-state index in [0.29, 0.717) is 6.42 Å². The Morgan fingerprint density at radius 3 is 2.72 bits per heavy atom. The first kappa shape index (κ1) is 18.0. The van der Waals surface area contributed by atoms with Gasteiger partial charge in [0.05, 0.1) is 15.1 Å². The van der Waals surface area contributed by atoms with Crippen LogP contribution in [0, 0.1) is 10.1 Å². The third kappa shape index (κ3) is 4.65. The van der Waals surface area contributed by atoms with Crippen LogP contribution in [0.4, 0.5) is 5.69 Å². The van der Waals surface area contributed by atoms with Crippen LogP contribution < -0.4 is 0 Å². The van der Waals surface area contributed by atoms with Gasteiger partial charge in [-0.15, -0.1) is 11.3 Å². The monoisotopic (exact) mass is 436 g/mol. The number of fused-ring (bicyclic) bond motifs is 1. The van der Waals surface area contributed by atoms with Gasteiger partial charge in [0.15, 0.2) is 10.1 Å². The standard InChI is InChI=1S/C17H13BrN2O3S2/c18-12-5-3-11(4-6-12)15(21)2-1-9-24-17-19-14-8-7-13(20(22)23)10-16(14)25-17/h3-8,10H,1-2,9H2. The molecule has 0 saturated heterocycles. The number of rotatable bonds is 7. The van der Waals surface area contributed by atoms with Crippen molar-refractivity contribution in [3.05, 3.63) is 62.6 Å². The Labute approximate surface area is 160 Å². The fourth-order valence-corrected chi connectivity index (χ4v) is 4.62. The summed E-state index contributed by atoms with van der Waals surface area (Å²) >= 11 is 6.37. The van der Waals surface area contributed by atoms with Gasteiger partial charge in [-0.3, -0.25) is 14.9 Å². The first-order valence-electron chi connectivity index (χ1n) is 7.49. The molecule has 0 atom stereocenters. The molecular formula is C17H13BrN2O3S2. The van der Waals surface area contributed by atoms with Crippen molar-refractivity contribution in [3.63, 3.8) is 0 Å². The number of thiazole rings is 1. The fourth-order valence-electron chi connectivity index (χ4n) is 2.24. The minimum absolute atomic E-state index is 0.0767. The number of aromatic nitrogens is 1. The SMILES string of the molecule is O=C(CCCSc1nc2ccc([N+](=O)[O-])cc2s1)c1ccc(Br)cc1. The number of nitrogens with zero attached hydrogens (tertiary/aromatic N) is 2. The molecule has 0 aliphatic heterocycles. The lowest BCUT2D eigenvalue weighted by Crippen LogP contribution is -1.99. The smallest absolute Gasteiger partial charge is 0.270 e. The van der Waals surface area contributed by atoms with Gasteiger partial charge in [0.25, 0.3) is 5.69 Å². The number of nitro groups is 1. The highest BCUT2D eigenvalue weighted by Crippen LogP contribution is 2.32. The van der Waals surface area contributed by atoms with Gasteiger partial charge in [-0.05, 0) is 24.6 Å². The number of thioether (sulfide) groups is 1. The van der Waals surface area contributed by atoms with E-state index in [4.69, 9.17) is 0 Å². The number of non-ortho nitro benzene ring substituents is 1. The maximum atomic E-state index is 12.1. The number of halogens is 1. The third-order valence-corrected chi connectivity index (χ3v) is 6.28. The summed E-state index contributed by atoms with van der Waals surface area (Å²) in [6, 6.07) is 12.1. The van der Waals surface area contributed by atoms with E-state index in [1.165, 1.54) is 17.4 Å². The van der Waals surface area contributed by atoms with Gasteiger partial charge in [0.1, 0.15) is 0 Å². The maximum Gasteiger partial charge on any atom is 0.270 e. The van der Waals surface area contributed by atoms with Crippen molar-refractivity contribution in [2.75, 3.05) is 5.75 Å². The molecule has 2 aromatic carbocycles. The zero-order valence-electron chi connectivity index (χ0n) is 13.0. The molecule has 8 heteroatoms. The summed E-state index contributed by atoms with van der Waals surface area (Å²) in [5.41, 5.74) is 1.57. The first-order chi connectivity index (χ1) is 12.0. The average molecular weight is 437 g/mol. The number of carbonyl (C=O) groups excluding carboxylic acids is 1. The van der Waals surface area contributed by atoms with Gasteiger partial charge in [-0.25, -0.2) is 4.98 Å². The number of carbonyl (C=O) groups is 1. The summed E-state index contributed by atoms with van der Waals surface area (Å²) in [7, 11) is 0. The van der Waals surface area contributed by atoms with E-state index in [1.54, 1.807) is 23.9 Å². The van der Waals surface area contributed by atoms with E-state index in [-0.39, 0.29) is 11.5 Å². The second-order valence-electron chi connectivity index (χ2n) is 5.27. The van der Waals surface area contributed by atoms with Crippen LogP contribution in [0.1, 0.15) is 23.2 Å². The molecule has 1 heterocycles. The molecule has 1 aromatic heterocycles. The maximum absolute atomic E-state index is 12.1. The van der Waals surface area contributed by atoms with Crippen molar-refractivity contribution in [1.82, 2.24) is 4.98 Å². The molecule has 0 radical (unpaired) electrons. The van der Waals surface area contributed by atoms with Crippen molar-refractivity contribution in [3.8, 4) is 0 Å². The van der Waals surface area contributed by atoms with E-state index in [2.05, 4.69) is 20.9 Å². The molecule has 0 spiro atoms. The van der Waals surface area contributed by atoms with Gasteiger partial charge in [-0.2, -0.15) is 0 Å². The highest BCUT2D eigenvalue weighted by Gasteiger charge is 2.11. The quantitative estimate of drug-likeness (QED) is 0.155. The summed E-state index contributed by atoms with van der Waals surface area (Å²) in [6.45, 7) is 0. The molecule has 0 fully saturated rings. The normalized spacial score (nSPS) is 10.9. The molecule has 0 unspecified atom stereocenters. The Morgan fingerprint density at radius 1 is 1.24 bits per heavy atom. The lowest BCUT2D eigenvalue weighted by Gasteiger charge is -2.01. The van der Waals surface area contributed by atoms with E-state index in [9.17, 15) is 14.9 Å². The minimum Gasteiger partial charge on any atom is -0.294 e. The topological polar surface area (TPSA) is 73.1 Å². The number of hydrogen-bond acceptors (Lipinski definition) is 6. The van der Waals surface area contributed by atoms with E-state index in [1.807, 2.05) is 24.3 Å². The highest BCUT2D eigenvalue weighted by molar-refractivity contribution is 9.10. The first-order valence-corrected chi connectivity index (χ1v) is 10.1. The average Bonchev–Trinajstić information content (AvgIpc) is 3.01. The summed E-state index contributed by atoms with van der Waals surface area (Å²) < 4.78 is 2.63. The van der Waals surface area contributed by atoms with Gasteiger partial charge < -0.3 is 0 Å². The van der Waals surface area contributed by atoms with Crippen LogP contribution >= 0.6 is 39.0 Å². The fraction of sp³-hybridized carbons (Fsp3) is 0.176. The Bertz CT molecular complexity index is 925.